The molecular weight excluding hydrogens is 276 g/mol. The number of benzene rings is 2. The SMILES string of the molecule is Cc1cccc(C(=O)[Si](C)(C)C(=O)c2cccc(C)c2)c1. The van der Waals surface area contributed by atoms with Crippen molar-refractivity contribution in [3.8, 4) is 0 Å². The maximum Gasteiger partial charge on any atom is 0.214 e. The molecule has 2 rings (SSSR count). The Morgan fingerprint density at radius 1 is 0.762 bits per heavy atom. The number of hydrogen-bond acceptors (Lipinski definition) is 2. The summed E-state index contributed by atoms with van der Waals surface area (Å²) in [5, 5.41) is -0.00425. The molecule has 0 spiro atoms. The van der Waals surface area contributed by atoms with E-state index in [0.29, 0.717) is 11.1 Å². The lowest BCUT2D eigenvalue weighted by atomic mass is 10.1. The van der Waals surface area contributed by atoms with Crippen molar-refractivity contribution < 1.29 is 9.59 Å². The second kappa shape index (κ2) is 5.78. The van der Waals surface area contributed by atoms with Crippen LogP contribution in [-0.2, 0) is 0 Å². The maximum atomic E-state index is 12.8. The highest BCUT2D eigenvalue weighted by Crippen LogP contribution is 2.19. The second-order valence-electron chi connectivity index (χ2n) is 6.02. The topological polar surface area (TPSA) is 34.1 Å². The number of aryl methyl sites for hydroxylation is 2. The smallest absolute Gasteiger partial charge is 0.214 e. The van der Waals surface area contributed by atoms with E-state index < -0.39 is 8.07 Å². The Kier molecular flexibility index (Phi) is 4.23. The van der Waals surface area contributed by atoms with Crippen molar-refractivity contribution in [1.82, 2.24) is 0 Å². The van der Waals surface area contributed by atoms with Crippen molar-refractivity contribution in [2.24, 2.45) is 0 Å². The fourth-order valence-electron chi connectivity index (χ4n) is 2.40. The molecule has 108 valence electrons. The van der Waals surface area contributed by atoms with Crippen LogP contribution in [0.25, 0.3) is 0 Å². The molecule has 0 aliphatic heterocycles. The van der Waals surface area contributed by atoms with Gasteiger partial charge in [0.05, 0.1) is 0 Å². The van der Waals surface area contributed by atoms with E-state index in [1.165, 1.54) is 0 Å². The molecular formula is C18H20O2Si. The zero-order valence-electron chi connectivity index (χ0n) is 12.9. The van der Waals surface area contributed by atoms with Crippen LogP contribution in [0, 0.1) is 13.8 Å². The predicted molar refractivity (Wildman–Crippen MR) is 88.5 cm³/mol. The average Bonchev–Trinajstić information content (AvgIpc) is 2.45. The molecule has 0 aliphatic carbocycles. The van der Waals surface area contributed by atoms with E-state index >= 15 is 0 Å². The van der Waals surface area contributed by atoms with E-state index in [-0.39, 0.29) is 10.8 Å². The van der Waals surface area contributed by atoms with Crippen LogP contribution in [0.4, 0.5) is 0 Å². The second-order valence-corrected chi connectivity index (χ2v) is 10.2. The normalized spacial score (nSPS) is 11.2. The molecule has 0 saturated carbocycles. The number of hydrogen-bond donors (Lipinski definition) is 0. The lowest BCUT2D eigenvalue weighted by molar-refractivity contribution is 0.102. The molecule has 0 atom stereocenters. The Morgan fingerprint density at radius 3 is 1.48 bits per heavy atom. The van der Waals surface area contributed by atoms with E-state index in [1.54, 1.807) is 12.1 Å². The van der Waals surface area contributed by atoms with Crippen LogP contribution >= 0.6 is 0 Å². The summed E-state index contributed by atoms with van der Waals surface area (Å²) in [5.74, 6) is 0. The molecule has 21 heavy (non-hydrogen) atoms. The van der Waals surface area contributed by atoms with Gasteiger partial charge in [0, 0.05) is 11.1 Å². The Morgan fingerprint density at radius 2 is 1.14 bits per heavy atom. The molecule has 0 radical (unpaired) electrons. The largest absolute Gasteiger partial charge is 0.299 e. The Bertz CT molecular complexity index is 642. The lowest BCUT2D eigenvalue weighted by Crippen LogP contribution is -2.46. The first kappa shape index (κ1) is 15.4. The average molecular weight is 296 g/mol. The first-order valence-electron chi connectivity index (χ1n) is 7.05. The van der Waals surface area contributed by atoms with E-state index in [1.807, 2.05) is 63.3 Å². The molecule has 0 unspecified atom stereocenters. The molecule has 0 aromatic heterocycles. The van der Waals surface area contributed by atoms with Gasteiger partial charge in [-0.2, -0.15) is 0 Å². The molecule has 3 heteroatoms. The van der Waals surface area contributed by atoms with Crippen molar-refractivity contribution >= 4 is 18.9 Å². The first-order chi connectivity index (χ1) is 9.82. The molecule has 0 amide bonds. The van der Waals surface area contributed by atoms with Gasteiger partial charge in [0.2, 0.25) is 8.07 Å². The fourth-order valence-corrected chi connectivity index (χ4v) is 4.36. The van der Waals surface area contributed by atoms with Crippen molar-refractivity contribution in [2.45, 2.75) is 26.9 Å². The highest BCUT2D eigenvalue weighted by Gasteiger charge is 2.40. The van der Waals surface area contributed by atoms with Crippen LogP contribution in [0.3, 0.4) is 0 Å². The van der Waals surface area contributed by atoms with Crippen molar-refractivity contribution in [1.29, 1.82) is 0 Å². The number of carbonyl (C=O) groups excluding carboxylic acids is 2. The summed E-state index contributed by atoms with van der Waals surface area (Å²) in [6.45, 7) is 7.58. The molecule has 0 aliphatic rings. The van der Waals surface area contributed by atoms with Crippen LogP contribution in [0.1, 0.15) is 31.8 Å². The van der Waals surface area contributed by atoms with Gasteiger partial charge in [-0.25, -0.2) is 0 Å². The van der Waals surface area contributed by atoms with Crippen molar-refractivity contribution in [2.75, 3.05) is 0 Å². The summed E-state index contributed by atoms with van der Waals surface area (Å²) in [4.78, 5) is 25.5. The summed E-state index contributed by atoms with van der Waals surface area (Å²) < 4.78 is 0. The third kappa shape index (κ3) is 3.19. The van der Waals surface area contributed by atoms with E-state index in [0.717, 1.165) is 11.1 Å². The summed E-state index contributed by atoms with van der Waals surface area (Å²) in [5.41, 5.74) is 3.36. The maximum absolute atomic E-state index is 12.8. The standard InChI is InChI=1S/C18H20O2Si/c1-13-7-5-9-15(11-13)17(19)21(3,4)18(20)16-10-6-8-14(2)12-16/h5-12H,1-4H3. The van der Waals surface area contributed by atoms with E-state index in [9.17, 15) is 9.59 Å². The number of rotatable bonds is 4. The van der Waals surface area contributed by atoms with Crippen LogP contribution in [0.2, 0.25) is 13.1 Å². The van der Waals surface area contributed by atoms with Crippen molar-refractivity contribution in [3.63, 3.8) is 0 Å². The number of carbonyl (C=O) groups is 2. The van der Waals surface area contributed by atoms with Crippen LogP contribution in [0.15, 0.2) is 48.5 Å². The minimum Gasteiger partial charge on any atom is -0.299 e. The van der Waals surface area contributed by atoms with Gasteiger partial charge < -0.3 is 0 Å². The summed E-state index contributed by atoms with van der Waals surface area (Å²) in [6.07, 6.45) is 0. The lowest BCUT2D eigenvalue weighted by Gasteiger charge is -2.19. The van der Waals surface area contributed by atoms with E-state index in [2.05, 4.69) is 0 Å². The van der Waals surface area contributed by atoms with Gasteiger partial charge in [-0.05, 0) is 26.0 Å². The first-order valence-corrected chi connectivity index (χ1v) is 10.1. The van der Waals surface area contributed by atoms with E-state index in [4.69, 9.17) is 0 Å². The van der Waals surface area contributed by atoms with Gasteiger partial charge in [0.15, 0.2) is 0 Å². The summed E-state index contributed by atoms with van der Waals surface area (Å²) >= 11 is 0. The quantitative estimate of drug-likeness (QED) is 0.794. The molecule has 0 heterocycles. The molecule has 0 saturated heterocycles. The molecule has 2 aromatic carbocycles. The van der Waals surface area contributed by atoms with Gasteiger partial charge in [0.25, 0.3) is 0 Å². The van der Waals surface area contributed by atoms with Gasteiger partial charge in [-0.3, -0.25) is 9.59 Å². The minimum atomic E-state index is -2.72. The van der Waals surface area contributed by atoms with Crippen LogP contribution in [-0.4, -0.2) is 18.9 Å². The third-order valence-corrected chi connectivity index (χ3v) is 6.54. The molecule has 2 aromatic rings. The van der Waals surface area contributed by atoms with Gasteiger partial charge >= 0.3 is 0 Å². The minimum absolute atomic E-state index is 0.00212. The van der Waals surface area contributed by atoms with Crippen molar-refractivity contribution in [3.05, 3.63) is 70.8 Å². The highest BCUT2D eigenvalue weighted by molar-refractivity contribution is 7.26. The van der Waals surface area contributed by atoms with Gasteiger partial charge in [-0.15, -0.1) is 0 Å². The Labute approximate surface area is 126 Å². The summed E-state index contributed by atoms with van der Waals surface area (Å²) in [7, 11) is -2.72. The Hall–Kier alpha value is -2.00. The highest BCUT2D eigenvalue weighted by atomic mass is 28.3. The molecule has 0 fully saturated rings. The third-order valence-electron chi connectivity index (χ3n) is 3.70. The van der Waals surface area contributed by atoms with Gasteiger partial charge in [0.1, 0.15) is 10.8 Å². The summed E-state index contributed by atoms with van der Waals surface area (Å²) in [6, 6.07) is 15.0. The zero-order valence-corrected chi connectivity index (χ0v) is 13.9. The molecule has 2 nitrogen and oxygen atoms in total. The monoisotopic (exact) mass is 296 g/mol. The Balaban J connectivity index is 2.37. The molecule has 0 bridgehead atoms. The predicted octanol–water partition coefficient (Wildman–Crippen LogP) is 4.16. The zero-order chi connectivity index (χ0) is 15.6. The molecule has 0 N–H and O–H groups in total. The van der Waals surface area contributed by atoms with Crippen LogP contribution < -0.4 is 0 Å². The van der Waals surface area contributed by atoms with Crippen LogP contribution in [0.5, 0.6) is 0 Å². The van der Waals surface area contributed by atoms with Gasteiger partial charge in [-0.1, -0.05) is 60.6 Å². The fraction of sp³-hybridized carbons (Fsp3) is 0.222.